The Kier molecular flexibility index (Phi) is 6.75. The summed E-state index contributed by atoms with van der Waals surface area (Å²) in [4.78, 5) is 14.8. The molecule has 5 nitrogen and oxygen atoms in total. The van der Waals surface area contributed by atoms with E-state index in [2.05, 4.69) is 5.32 Å². The number of rotatable bonds is 5. The second kappa shape index (κ2) is 8.58. The summed E-state index contributed by atoms with van der Waals surface area (Å²) in [6.45, 7) is 7.76. The van der Waals surface area contributed by atoms with Crippen LogP contribution in [0.25, 0.3) is 0 Å². The number of piperidine rings is 1. The van der Waals surface area contributed by atoms with Crippen molar-refractivity contribution < 1.29 is 14.3 Å². The van der Waals surface area contributed by atoms with Gasteiger partial charge in [-0.1, -0.05) is 0 Å². The highest BCUT2D eigenvalue weighted by Crippen LogP contribution is 2.30. The number of ether oxygens (including phenoxy) is 2. The van der Waals surface area contributed by atoms with Gasteiger partial charge in [-0.2, -0.15) is 0 Å². The van der Waals surface area contributed by atoms with Crippen LogP contribution in [-0.2, 0) is 0 Å². The zero-order valence-corrected chi connectivity index (χ0v) is 15.2. The minimum Gasteiger partial charge on any atom is -0.490 e. The SMILES string of the molecule is CCOc1ccc(C(=O)N2CCC3NCCC3C2)cc1OCC.Cl. The Bertz CT molecular complexity index is 567. The number of likely N-dealkylation sites (tertiary alicyclic amines) is 1. The van der Waals surface area contributed by atoms with E-state index in [-0.39, 0.29) is 18.3 Å². The number of hydrogen-bond acceptors (Lipinski definition) is 4. The van der Waals surface area contributed by atoms with Crippen molar-refractivity contribution in [3.8, 4) is 11.5 Å². The van der Waals surface area contributed by atoms with E-state index < -0.39 is 0 Å². The van der Waals surface area contributed by atoms with Gasteiger partial charge in [0, 0.05) is 24.7 Å². The van der Waals surface area contributed by atoms with Crippen molar-refractivity contribution in [2.45, 2.75) is 32.7 Å². The molecule has 24 heavy (non-hydrogen) atoms. The molecule has 2 saturated heterocycles. The maximum atomic E-state index is 12.8. The molecule has 6 heteroatoms. The molecule has 0 spiro atoms. The first-order valence-corrected chi connectivity index (χ1v) is 8.65. The number of carbonyl (C=O) groups is 1. The standard InChI is InChI=1S/C18H26N2O3.ClH/c1-3-22-16-6-5-13(11-17(16)23-4-2)18(21)20-10-8-15-14(12-20)7-9-19-15;/h5-6,11,14-15,19H,3-4,7-10,12H2,1-2H3;1H. The van der Waals surface area contributed by atoms with Crippen LogP contribution in [0.4, 0.5) is 0 Å². The summed E-state index contributed by atoms with van der Waals surface area (Å²) in [5, 5.41) is 3.53. The minimum absolute atomic E-state index is 0. The van der Waals surface area contributed by atoms with Crippen molar-refractivity contribution in [2.75, 3.05) is 32.8 Å². The van der Waals surface area contributed by atoms with Gasteiger partial charge in [-0.3, -0.25) is 4.79 Å². The van der Waals surface area contributed by atoms with Gasteiger partial charge in [-0.15, -0.1) is 12.4 Å². The Labute approximate surface area is 150 Å². The predicted molar refractivity (Wildman–Crippen MR) is 96.4 cm³/mol. The van der Waals surface area contributed by atoms with E-state index in [0.717, 1.165) is 26.1 Å². The fourth-order valence-corrected chi connectivity index (χ4v) is 3.60. The Morgan fingerprint density at radius 3 is 2.71 bits per heavy atom. The lowest BCUT2D eigenvalue weighted by Gasteiger charge is -2.35. The zero-order chi connectivity index (χ0) is 16.2. The van der Waals surface area contributed by atoms with E-state index in [4.69, 9.17) is 9.47 Å². The van der Waals surface area contributed by atoms with Gasteiger partial charge < -0.3 is 19.7 Å². The Balaban J connectivity index is 0.00000208. The van der Waals surface area contributed by atoms with Gasteiger partial charge in [0.15, 0.2) is 11.5 Å². The molecule has 2 aliphatic heterocycles. The normalized spacial score (nSPS) is 22.5. The van der Waals surface area contributed by atoms with Crippen molar-refractivity contribution in [1.29, 1.82) is 0 Å². The van der Waals surface area contributed by atoms with E-state index >= 15 is 0 Å². The molecule has 0 saturated carbocycles. The molecule has 3 rings (SSSR count). The predicted octanol–water partition coefficient (Wildman–Crippen LogP) is 2.73. The zero-order valence-electron chi connectivity index (χ0n) is 14.4. The highest BCUT2D eigenvalue weighted by atomic mass is 35.5. The molecule has 2 fully saturated rings. The molecular weight excluding hydrogens is 328 g/mol. The number of fused-ring (bicyclic) bond motifs is 1. The van der Waals surface area contributed by atoms with Crippen molar-refractivity contribution in [2.24, 2.45) is 5.92 Å². The number of nitrogens with zero attached hydrogens (tertiary/aromatic N) is 1. The topological polar surface area (TPSA) is 50.8 Å². The molecular formula is C18H27ClN2O3. The minimum atomic E-state index is 0. The largest absolute Gasteiger partial charge is 0.490 e. The second-order valence-corrected chi connectivity index (χ2v) is 6.18. The maximum Gasteiger partial charge on any atom is 0.254 e. The number of benzene rings is 1. The van der Waals surface area contributed by atoms with Gasteiger partial charge in [0.05, 0.1) is 13.2 Å². The summed E-state index contributed by atoms with van der Waals surface area (Å²) < 4.78 is 11.2. The first-order valence-electron chi connectivity index (χ1n) is 8.65. The molecule has 2 unspecified atom stereocenters. The first-order chi connectivity index (χ1) is 11.2. The Morgan fingerprint density at radius 1 is 1.21 bits per heavy atom. The molecule has 1 aromatic carbocycles. The number of amides is 1. The summed E-state index contributed by atoms with van der Waals surface area (Å²) in [5.74, 6) is 2.04. The van der Waals surface area contributed by atoms with Gasteiger partial charge in [0.25, 0.3) is 5.91 Å². The number of carbonyl (C=O) groups excluding carboxylic acids is 1. The van der Waals surface area contributed by atoms with Gasteiger partial charge in [-0.05, 0) is 57.4 Å². The molecule has 2 aliphatic rings. The average Bonchev–Trinajstić information content (AvgIpc) is 3.04. The van der Waals surface area contributed by atoms with E-state index in [1.165, 1.54) is 6.42 Å². The van der Waals surface area contributed by atoms with Gasteiger partial charge in [0.1, 0.15) is 0 Å². The second-order valence-electron chi connectivity index (χ2n) is 6.18. The summed E-state index contributed by atoms with van der Waals surface area (Å²) in [6.07, 6.45) is 2.22. The summed E-state index contributed by atoms with van der Waals surface area (Å²) in [5.41, 5.74) is 0.682. The van der Waals surface area contributed by atoms with Crippen LogP contribution < -0.4 is 14.8 Å². The Hall–Kier alpha value is -1.46. The number of nitrogens with one attached hydrogen (secondary N) is 1. The van der Waals surface area contributed by atoms with Crippen LogP contribution in [0.2, 0.25) is 0 Å². The van der Waals surface area contributed by atoms with Crippen molar-refractivity contribution >= 4 is 18.3 Å². The lowest BCUT2D eigenvalue weighted by atomic mass is 9.93. The smallest absolute Gasteiger partial charge is 0.254 e. The molecule has 1 N–H and O–H groups in total. The molecule has 0 radical (unpaired) electrons. The van der Waals surface area contributed by atoms with Crippen LogP contribution in [0.15, 0.2) is 18.2 Å². The molecule has 0 aliphatic carbocycles. The van der Waals surface area contributed by atoms with Crippen LogP contribution in [0.1, 0.15) is 37.0 Å². The highest BCUT2D eigenvalue weighted by molar-refractivity contribution is 5.95. The van der Waals surface area contributed by atoms with Gasteiger partial charge in [0.2, 0.25) is 0 Å². The fraction of sp³-hybridized carbons (Fsp3) is 0.611. The van der Waals surface area contributed by atoms with Crippen LogP contribution in [0, 0.1) is 5.92 Å². The molecule has 1 aromatic rings. The summed E-state index contributed by atoms with van der Waals surface area (Å²) >= 11 is 0. The van der Waals surface area contributed by atoms with Gasteiger partial charge in [-0.25, -0.2) is 0 Å². The van der Waals surface area contributed by atoms with E-state index in [0.29, 0.717) is 42.2 Å². The molecule has 0 aromatic heterocycles. The highest BCUT2D eigenvalue weighted by Gasteiger charge is 2.34. The van der Waals surface area contributed by atoms with Crippen LogP contribution in [0.5, 0.6) is 11.5 Å². The van der Waals surface area contributed by atoms with Crippen LogP contribution in [-0.4, -0.2) is 49.7 Å². The first kappa shape index (κ1) is 18.9. The third-order valence-electron chi connectivity index (χ3n) is 4.73. The lowest BCUT2D eigenvalue weighted by Crippen LogP contribution is -2.46. The third-order valence-corrected chi connectivity index (χ3v) is 4.73. The lowest BCUT2D eigenvalue weighted by molar-refractivity contribution is 0.0661. The van der Waals surface area contributed by atoms with Gasteiger partial charge >= 0.3 is 0 Å². The summed E-state index contributed by atoms with van der Waals surface area (Å²) in [6, 6.07) is 6.09. The van der Waals surface area contributed by atoms with Crippen LogP contribution >= 0.6 is 12.4 Å². The monoisotopic (exact) mass is 354 g/mol. The van der Waals surface area contributed by atoms with E-state index in [1.807, 2.05) is 36.9 Å². The fourth-order valence-electron chi connectivity index (χ4n) is 3.60. The molecule has 2 atom stereocenters. The maximum absolute atomic E-state index is 12.8. The average molecular weight is 355 g/mol. The number of halogens is 1. The van der Waals surface area contributed by atoms with E-state index in [9.17, 15) is 4.79 Å². The molecule has 1 amide bonds. The van der Waals surface area contributed by atoms with Crippen LogP contribution in [0.3, 0.4) is 0 Å². The quantitative estimate of drug-likeness (QED) is 0.883. The van der Waals surface area contributed by atoms with E-state index in [1.54, 1.807) is 0 Å². The molecule has 134 valence electrons. The molecule has 2 heterocycles. The Morgan fingerprint density at radius 2 is 1.96 bits per heavy atom. The van der Waals surface area contributed by atoms with Crippen molar-refractivity contribution in [3.63, 3.8) is 0 Å². The van der Waals surface area contributed by atoms with Crippen molar-refractivity contribution in [3.05, 3.63) is 23.8 Å². The number of hydrogen-bond donors (Lipinski definition) is 1. The van der Waals surface area contributed by atoms with Crippen molar-refractivity contribution in [1.82, 2.24) is 10.2 Å². The third kappa shape index (κ3) is 3.95. The molecule has 0 bridgehead atoms. The summed E-state index contributed by atoms with van der Waals surface area (Å²) in [7, 11) is 0.